The van der Waals surface area contributed by atoms with Crippen molar-refractivity contribution in [2.75, 3.05) is 7.05 Å². The van der Waals surface area contributed by atoms with Gasteiger partial charge >= 0.3 is 0 Å². The summed E-state index contributed by atoms with van der Waals surface area (Å²) in [7, 11) is 1.73. The molecule has 0 spiro atoms. The summed E-state index contributed by atoms with van der Waals surface area (Å²) in [5.74, 6) is -0.226. The monoisotopic (exact) mass is 364 g/mol. The maximum atomic E-state index is 13.8. The van der Waals surface area contributed by atoms with Crippen molar-refractivity contribution in [2.45, 2.75) is 6.42 Å². The van der Waals surface area contributed by atoms with Gasteiger partial charge in [-0.15, -0.1) is 0 Å². The minimum atomic E-state index is -0.226. The van der Waals surface area contributed by atoms with Crippen LogP contribution in [0, 0.1) is 5.82 Å². The quantitative estimate of drug-likeness (QED) is 0.392. The molecule has 2 aromatic rings. The molecule has 17 heavy (non-hydrogen) atoms. The van der Waals surface area contributed by atoms with Crippen LogP contribution in [0.1, 0.15) is 5.56 Å². The van der Waals surface area contributed by atoms with Crippen molar-refractivity contribution >= 4 is 45.5 Å². The number of aromatic nitrogens is 2. The van der Waals surface area contributed by atoms with Crippen LogP contribution in [0.3, 0.4) is 0 Å². The van der Waals surface area contributed by atoms with Gasteiger partial charge in [-0.3, -0.25) is 0 Å². The number of hydrazone groups is 1. The number of rotatable bonds is 4. The van der Waals surface area contributed by atoms with Crippen LogP contribution in [-0.4, -0.2) is 22.8 Å². The first kappa shape index (κ1) is 12.7. The highest BCUT2D eigenvalue weighted by Crippen LogP contribution is 2.30. The average molecular weight is 364 g/mol. The predicted octanol–water partition coefficient (Wildman–Crippen LogP) is 2.71. The molecule has 90 valence electrons. The summed E-state index contributed by atoms with van der Waals surface area (Å²) >= 11 is 2.23. The maximum absolute atomic E-state index is 13.8. The molecule has 1 heterocycles. The molecular weight excluding hydrogens is 353 g/mol. The van der Waals surface area contributed by atoms with E-state index in [9.17, 15) is 4.39 Å². The van der Waals surface area contributed by atoms with E-state index in [4.69, 9.17) is 0 Å². The molecule has 0 radical (unpaired) electrons. The number of nitrogens with one attached hydrogen (secondary N) is 1. The lowest BCUT2D eigenvalue weighted by Gasteiger charge is -2.01. The molecule has 4 nitrogen and oxygen atoms in total. The highest BCUT2D eigenvalue weighted by atomic mass is 127. The smallest absolute Gasteiger partial charge is 0.134 e. The Morgan fingerprint density at radius 1 is 1.65 bits per heavy atom. The van der Waals surface area contributed by atoms with Gasteiger partial charge in [-0.1, -0.05) is 0 Å². The van der Waals surface area contributed by atoms with E-state index < -0.39 is 0 Å². The second-order valence-electron chi connectivity index (χ2n) is 3.39. The lowest BCUT2D eigenvalue weighted by Crippen LogP contribution is -1.96. The van der Waals surface area contributed by atoms with Crippen LogP contribution in [0.15, 0.2) is 23.4 Å². The molecule has 7 heteroatoms. The van der Waals surface area contributed by atoms with Gasteiger partial charge in [0, 0.05) is 19.7 Å². The van der Waals surface area contributed by atoms with Crippen molar-refractivity contribution in [3.8, 4) is 0 Å². The molecule has 0 bridgehead atoms. The van der Waals surface area contributed by atoms with Gasteiger partial charge in [0.2, 0.25) is 0 Å². The molecule has 0 aliphatic rings. The molecule has 0 saturated carbocycles. The fraction of sp³-hybridized carbons (Fsp3) is 0.200. The fourth-order valence-corrected chi connectivity index (χ4v) is 3.10. The van der Waals surface area contributed by atoms with Crippen molar-refractivity contribution in [1.82, 2.24) is 15.0 Å². The third-order valence-electron chi connectivity index (χ3n) is 2.33. The minimum absolute atomic E-state index is 0.226. The summed E-state index contributed by atoms with van der Waals surface area (Å²) in [5.41, 5.74) is 4.40. The Balaban J connectivity index is 2.41. The van der Waals surface area contributed by atoms with Crippen LogP contribution in [0.2, 0.25) is 0 Å². The van der Waals surface area contributed by atoms with Gasteiger partial charge < -0.3 is 5.43 Å². The lowest BCUT2D eigenvalue weighted by molar-refractivity contribution is 0.638. The Labute approximate surface area is 113 Å². The highest BCUT2D eigenvalue weighted by molar-refractivity contribution is 14.2. The molecule has 0 fully saturated rings. The van der Waals surface area contributed by atoms with E-state index in [0.717, 1.165) is 11.1 Å². The second-order valence-corrected chi connectivity index (χ2v) is 5.43. The van der Waals surface area contributed by atoms with Crippen LogP contribution in [0.5, 0.6) is 0 Å². The molecule has 2 rings (SSSR count). The standard InChI is InChI=1S/C10H11FIN4P/c1-13-14-3-2-7-4-9(11)8-6-15-16(17-12)10(8)5-7/h3-6,13,17H,2H2,1H3/b14-3+. The average Bonchev–Trinajstić information content (AvgIpc) is 2.73. The third kappa shape index (κ3) is 2.74. The first-order valence-electron chi connectivity index (χ1n) is 4.97. The van der Waals surface area contributed by atoms with Crippen LogP contribution < -0.4 is 5.43 Å². The van der Waals surface area contributed by atoms with Crippen molar-refractivity contribution in [2.24, 2.45) is 5.10 Å². The number of hydrogen-bond donors (Lipinski definition) is 1. The van der Waals surface area contributed by atoms with Crippen LogP contribution in [-0.2, 0) is 6.42 Å². The predicted molar refractivity (Wildman–Crippen MR) is 78.7 cm³/mol. The van der Waals surface area contributed by atoms with E-state index in [1.54, 1.807) is 23.9 Å². The number of fused-ring (bicyclic) bond motifs is 1. The van der Waals surface area contributed by atoms with E-state index in [-0.39, 0.29) is 5.82 Å². The van der Waals surface area contributed by atoms with Gasteiger partial charge in [0.1, 0.15) is 5.82 Å². The third-order valence-corrected chi connectivity index (χ3v) is 4.21. The highest BCUT2D eigenvalue weighted by Gasteiger charge is 2.08. The number of nitrogens with zero attached hydrogens (tertiary/aromatic N) is 3. The topological polar surface area (TPSA) is 42.2 Å². The first-order chi connectivity index (χ1) is 8.26. The zero-order valence-corrected chi connectivity index (χ0v) is 12.3. The molecule has 0 aliphatic carbocycles. The van der Waals surface area contributed by atoms with Crippen molar-refractivity contribution < 1.29 is 4.39 Å². The molecule has 1 unspecified atom stereocenters. The molecule has 0 amide bonds. The van der Waals surface area contributed by atoms with Crippen molar-refractivity contribution in [3.05, 3.63) is 29.7 Å². The number of hydrogen-bond acceptors (Lipinski definition) is 3. The summed E-state index contributed by atoms with van der Waals surface area (Å²) in [5, 5.41) is 8.61. The molecule has 0 aliphatic heterocycles. The Hall–Kier alpha value is -0.750. The second kappa shape index (κ2) is 5.73. The normalized spacial score (nSPS) is 12.2. The van der Waals surface area contributed by atoms with Crippen LogP contribution in [0.25, 0.3) is 10.9 Å². The largest absolute Gasteiger partial charge is 0.313 e. The molecular formula is C10H11FIN4P. The molecule has 0 saturated heterocycles. The number of benzene rings is 1. The van der Waals surface area contributed by atoms with Gasteiger partial charge in [0.25, 0.3) is 0 Å². The van der Waals surface area contributed by atoms with E-state index in [2.05, 4.69) is 37.7 Å². The summed E-state index contributed by atoms with van der Waals surface area (Å²) in [6, 6.07) is 3.49. The zero-order chi connectivity index (χ0) is 12.3. The van der Waals surface area contributed by atoms with Gasteiger partial charge in [0.05, 0.1) is 23.5 Å². The minimum Gasteiger partial charge on any atom is -0.313 e. The SMILES string of the molecule is CN/N=C/Cc1cc(F)c2cnn(PI)c2c1. The van der Waals surface area contributed by atoms with E-state index >= 15 is 0 Å². The Morgan fingerprint density at radius 2 is 2.47 bits per heavy atom. The van der Waals surface area contributed by atoms with Gasteiger partial charge in [-0.2, -0.15) is 10.2 Å². The van der Waals surface area contributed by atoms with E-state index in [0.29, 0.717) is 18.2 Å². The summed E-state index contributed by atoms with van der Waals surface area (Å²) < 4.78 is 15.6. The molecule has 1 atom stereocenters. The molecule has 1 aromatic carbocycles. The fourth-order valence-electron chi connectivity index (χ4n) is 1.57. The van der Waals surface area contributed by atoms with Gasteiger partial charge in [-0.25, -0.2) is 8.84 Å². The summed E-state index contributed by atoms with van der Waals surface area (Å²) in [6.07, 6.45) is 4.35. The first-order valence-corrected chi connectivity index (χ1v) is 9.03. The Bertz CT molecular complexity index is 554. The van der Waals surface area contributed by atoms with E-state index in [1.807, 2.05) is 6.07 Å². The molecule has 1 aromatic heterocycles. The van der Waals surface area contributed by atoms with E-state index in [1.165, 1.54) is 6.07 Å². The van der Waals surface area contributed by atoms with Gasteiger partial charge in [0.15, 0.2) is 0 Å². The molecule has 1 N–H and O–H groups in total. The number of halogens is 2. The Morgan fingerprint density at radius 3 is 3.18 bits per heavy atom. The van der Waals surface area contributed by atoms with Gasteiger partial charge in [-0.05, 0) is 39.7 Å². The summed E-state index contributed by atoms with van der Waals surface area (Å²) in [4.78, 5) is 0. The summed E-state index contributed by atoms with van der Waals surface area (Å²) in [6.45, 7) is 0. The Kier molecular flexibility index (Phi) is 4.28. The van der Waals surface area contributed by atoms with Crippen molar-refractivity contribution in [3.63, 3.8) is 0 Å². The zero-order valence-electron chi connectivity index (χ0n) is 9.11. The lowest BCUT2D eigenvalue weighted by atomic mass is 10.1. The van der Waals surface area contributed by atoms with Crippen LogP contribution in [0.4, 0.5) is 4.39 Å². The van der Waals surface area contributed by atoms with Crippen LogP contribution >= 0.6 is 28.4 Å². The maximum Gasteiger partial charge on any atom is 0.134 e. The van der Waals surface area contributed by atoms with Crippen molar-refractivity contribution in [1.29, 1.82) is 0 Å².